The van der Waals surface area contributed by atoms with Gasteiger partial charge in [0.25, 0.3) is 5.91 Å². The van der Waals surface area contributed by atoms with E-state index >= 15 is 0 Å². The summed E-state index contributed by atoms with van der Waals surface area (Å²) >= 11 is 11.8. The Morgan fingerprint density at radius 2 is 1.67 bits per heavy atom. The summed E-state index contributed by atoms with van der Waals surface area (Å²) in [6.45, 7) is 3.78. The molecule has 0 heterocycles. The zero-order valence-corrected chi connectivity index (χ0v) is 15.2. The summed E-state index contributed by atoms with van der Waals surface area (Å²) in [5.74, 6) is -0.562. The molecule has 6 heteroatoms. The van der Waals surface area contributed by atoms with Gasteiger partial charge in [-0.1, -0.05) is 41.4 Å². The van der Waals surface area contributed by atoms with Gasteiger partial charge in [0.1, 0.15) is 0 Å². The molecular formula is C18H18Cl2N2O2. The molecule has 0 fully saturated rings. The second kappa shape index (κ2) is 7.69. The zero-order chi connectivity index (χ0) is 17.9. The van der Waals surface area contributed by atoms with Crippen molar-refractivity contribution in [2.75, 3.05) is 18.9 Å². The Labute approximate surface area is 151 Å². The summed E-state index contributed by atoms with van der Waals surface area (Å²) in [4.78, 5) is 25.9. The molecule has 2 amide bonds. The van der Waals surface area contributed by atoms with Crippen molar-refractivity contribution in [1.82, 2.24) is 4.90 Å². The van der Waals surface area contributed by atoms with Crippen LogP contribution in [0.5, 0.6) is 0 Å². The molecule has 0 spiro atoms. The molecule has 2 aromatic rings. The number of hydrogen-bond acceptors (Lipinski definition) is 2. The molecule has 0 radical (unpaired) electrons. The molecule has 24 heavy (non-hydrogen) atoms. The number of hydrogen-bond donors (Lipinski definition) is 1. The predicted octanol–water partition coefficient (Wildman–Crippen LogP) is 4.32. The Morgan fingerprint density at radius 3 is 2.25 bits per heavy atom. The van der Waals surface area contributed by atoms with Crippen LogP contribution in [0.25, 0.3) is 0 Å². The van der Waals surface area contributed by atoms with Gasteiger partial charge in [0.2, 0.25) is 5.91 Å². The second-order valence-electron chi connectivity index (χ2n) is 5.61. The standard InChI is InChI=1S/C18H18Cl2N2O2/c1-11-5-4-6-12(2)17(11)21-16(23)10-22(3)18(24)13-7-8-14(19)15(20)9-13/h4-9H,10H2,1-3H3,(H,21,23). The summed E-state index contributed by atoms with van der Waals surface area (Å²) in [5.41, 5.74) is 3.10. The van der Waals surface area contributed by atoms with Gasteiger partial charge < -0.3 is 10.2 Å². The lowest BCUT2D eigenvalue weighted by Gasteiger charge is -2.18. The molecule has 0 aromatic heterocycles. The number of para-hydroxylation sites is 1. The van der Waals surface area contributed by atoms with E-state index < -0.39 is 0 Å². The van der Waals surface area contributed by atoms with Crippen LogP contribution >= 0.6 is 23.2 Å². The van der Waals surface area contributed by atoms with Crippen molar-refractivity contribution in [3.8, 4) is 0 Å². The van der Waals surface area contributed by atoms with Crippen molar-refractivity contribution in [3.05, 3.63) is 63.1 Å². The first kappa shape index (κ1) is 18.3. The van der Waals surface area contributed by atoms with Gasteiger partial charge in [-0.05, 0) is 43.2 Å². The van der Waals surface area contributed by atoms with Crippen LogP contribution in [0.1, 0.15) is 21.5 Å². The van der Waals surface area contributed by atoms with Crippen LogP contribution < -0.4 is 5.32 Å². The van der Waals surface area contributed by atoms with E-state index in [1.165, 1.54) is 11.0 Å². The number of nitrogens with zero attached hydrogens (tertiary/aromatic N) is 1. The van der Waals surface area contributed by atoms with E-state index in [1.54, 1.807) is 19.2 Å². The molecule has 0 aliphatic carbocycles. The highest BCUT2D eigenvalue weighted by Gasteiger charge is 2.17. The lowest BCUT2D eigenvalue weighted by atomic mass is 10.1. The van der Waals surface area contributed by atoms with Gasteiger partial charge in [-0.25, -0.2) is 0 Å². The van der Waals surface area contributed by atoms with E-state index in [0.717, 1.165) is 16.8 Å². The van der Waals surface area contributed by atoms with Crippen molar-refractivity contribution in [2.45, 2.75) is 13.8 Å². The van der Waals surface area contributed by atoms with Crippen molar-refractivity contribution in [3.63, 3.8) is 0 Å². The number of amides is 2. The maximum Gasteiger partial charge on any atom is 0.254 e. The van der Waals surface area contributed by atoms with Crippen LogP contribution in [0, 0.1) is 13.8 Å². The van der Waals surface area contributed by atoms with Gasteiger partial charge in [-0.3, -0.25) is 9.59 Å². The summed E-state index contributed by atoms with van der Waals surface area (Å²) in [6, 6.07) is 10.4. The highest BCUT2D eigenvalue weighted by atomic mass is 35.5. The fourth-order valence-corrected chi connectivity index (χ4v) is 2.63. The predicted molar refractivity (Wildman–Crippen MR) is 98.0 cm³/mol. The van der Waals surface area contributed by atoms with Crippen LogP contribution in [0.15, 0.2) is 36.4 Å². The van der Waals surface area contributed by atoms with E-state index in [9.17, 15) is 9.59 Å². The Bertz CT molecular complexity index is 770. The number of anilines is 1. The molecule has 0 aliphatic heterocycles. The molecular weight excluding hydrogens is 347 g/mol. The first-order valence-corrected chi connectivity index (χ1v) is 8.11. The lowest BCUT2D eigenvalue weighted by molar-refractivity contribution is -0.116. The Kier molecular flexibility index (Phi) is 5.86. The summed E-state index contributed by atoms with van der Waals surface area (Å²) < 4.78 is 0. The number of rotatable bonds is 4. The summed E-state index contributed by atoms with van der Waals surface area (Å²) in [5, 5.41) is 3.54. The smallest absolute Gasteiger partial charge is 0.254 e. The second-order valence-corrected chi connectivity index (χ2v) is 6.42. The maximum absolute atomic E-state index is 12.4. The molecule has 0 saturated heterocycles. The van der Waals surface area contributed by atoms with Crippen molar-refractivity contribution in [2.24, 2.45) is 0 Å². The quantitative estimate of drug-likeness (QED) is 0.877. The number of halogens is 2. The highest BCUT2D eigenvalue weighted by Crippen LogP contribution is 2.23. The number of aryl methyl sites for hydroxylation is 2. The minimum absolute atomic E-state index is 0.0626. The van der Waals surface area contributed by atoms with Crippen molar-refractivity contribution in [1.29, 1.82) is 0 Å². The first-order chi connectivity index (χ1) is 11.3. The summed E-state index contributed by atoms with van der Waals surface area (Å²) in [7, 11) is 1.56. The minimum atomic E-state index is -0.301. The van der Waals surface area contributed by atoms with E-state index in [4.69, 9.17) is 23.2 Å². The average molecular weight is 365 g/mol. The SMILES string of the molecule is Cc1cccc(C)c1NC(=O)CN(C)C(=O)c1ccc(Cl)c(Cl)c1. The number of likely N-dealkylation sites (N-methyl/N-ethyl adjacent to an activating group) is 1. The molecule has 0 aliphatic rings. The molecule has 0 saturated carbocycles. The molecule has 2 rings (SSSR count). The van der Waals surface area contributed by atoms with Gasteiger partial charge in [0.05, 0.1) is 16.6 Å². The number of nitrogens with one attached hydrogen (secondary N) is 1. The molecule has 0 bridgehead atoms. The number of benzene rings is 2. The molecule has 126 valence electrons. The van der Waals surface area contributed by atoms with Crippen LogP contribution in [0.3, 0.4) is 0 Å². The molecule has 4 nitrogen and oxygen atoms in total. The third-order valence-electron chi connectivity index (χ3n) is 3.64. The topological polar surface area (TPSA) is 49.4 Å². The highest BCUT2D eigenvalue weighted by molar-refractivity contribution is 6.42. The Morgan fingerprint density at radius 1 is 1.04 bits per heavy atom. The van der Waals surface area contributed by atoms with E-state index in [-0.39, 0.29) is 18.4 Å². The first-order valence-electron chi connectivity index (χ1n) is 7.36. The van der Waals surface area contributed by atoms with Crippen molar-refractivity contribution >= 4 is 40.7 Å². The molecule has 0 atom stereocenters. The van der Waals surface area contributed by atoms with Gasteiger partial charge >= 0.3 is 0 Å². The molecule has 2 aromatic carbocycles. The fourth-order valence-electron chi connectivity index (χ4n) is 2.33. The number of carbonyl (C=O) groups excluding carboxylic acids is 2. The van der Waals surface area contributed by atoms with Gasteiger partial charge in [0, 0.05) is 18.3 Å². The monoisotopic (exact) mass is 364 g/mol. The van der Waals surface area contributed by atoms with Gasteiger partial charge in [-0.2, -0.15) is 0 Å². The van der Waals surface area contributed by atoms with Crippen LogP contribution in [0.4, 0.5) is 5.69 Å². The molecule has 1 N–H and O–H groups in total. The largest absolute Gasteiger partial charge is 0.332 e. The van der Waals surface area contributed by atoms with Crippen LogP contribution in [0.2, 0.25) is 10.0 Å². The molecule has 0 unspecified atom stereocenters. The minimum Gasteiger partial charge on any atom is -0.332 e. The zero-order valence-electron chi connectivity index (χ0n) is 13.7. The third kappa shape index (κ3) is 4.28. The third-order valence-corrected chi connectivity index (χ3v) is 4.38. The van der Waals surface area contributed by atoms with Gasteiger partial charge in [0.15, 0.2) is 0 Å². The van der Waals surface area contributed by atoms with Crippen LogP contribution in [-0.4, -0.2) is 30.3 Å². The lowest BCUT2D eigenvalue weighted by Crippen LogP contribution is -2.35. The van der Waals surface area contributed by atoms with E-state index in [1.807, 2.05) is 32.0 Å². The number of carbonyl (C=O) groups is 2. The Balaban J connectivity index is 2.05. The Hall–Kier alpha value is -2.04. The van der Waals surface area contributed by atoms with Gasteiger partial charge in [-0.15, -0.1) is 0 Å². The van der Waals surface area contributed by atoms with Crippen molar-refractivity contribution < 1.29 is 9.59 Å². The fraction of sp³-hybridized carbons (Fsp3) is 0.222. The van der Waals surface area contributed by atoms with E-state index in [2.05, 4.69) is 5.32 Å². The average Bonchev–Trinajstić information content (AvgIpc) is 2.53. The summed E-state index contributed by atoms with van der Waals surface area (Å²) in [6.07, 6.45) is 0. The normalized spacial score (nSPS) is 10.4. The maximum atomic E-state index is 12.4. The van der Waals surface area contributed by atoms with Crippen LogP contribution in [-0.2, 0) is 4.79 Å². The van der Waals surface area contributed by atoms with E-state index in [0.29, 0.717) is 15.6 Å².